The fourth-order valence-corrected chi connectivity index (χ4v) is 2.50. The molecule has 1 aliphatic rings. The van der Waals surface area contributed by atoms with Crippen molar-refractivity contribution in [2.24, 2.45) is 0 Å². The Bertz CT molecular complexity index is 827. The highest BCUT2D eigenvalue weighted by Gasteiger charge is 2.14. The second-order valence-corrected chi connectivity index (χ2v) is 5.52. The van der Waals surface area contributed by atoms with Crippen molar-refractivity contribution in [1.29, 1.82) is 0 Å². The van der Waals surface area contributed by atoms with Crippen molar-refractivity contribution >= 4 is 29.3 Å². The molecule has 0 unspecified atom stereocenters. The zero-order chi connectivity index (χ0) is 16.9. The Morgan fingerprint density at radius 1 is 1.25 bits per heavy atom. The van der Waals surface area contributed by atoms with E-state index in [0.717, 1.165) is 5.56 Å². The fraction of sp³-hybridized carbons (Fsp3) is 0.105. The Balaban J connectivity index is 1.87. The normalized spacial score (nSPS) is 12.5. The average Bonchev–Trinajstić information content (AvgIpc) is 2.78. The molecule has 3 rings (SSSR count). The average molecular weight is 342 g/mol. The lowest BCUT2D eigenvalue weighted by Crippen LogP contribution is -2.14. The van der Waals surface area contributed by atoms with Gasteiger partial charge in [0.05, 0.1) is 18.6 Å². The number of anilines is 1. The summed E-state index contributed by atoms with van der Waals surface area (Å²) in [6, 6.07) is 12.6. The summed E-state index contributed by atoms with van der Waals surface area (Å²) in [5.74, 6) is 1.02. The van der Waals surface area contributed by atoms with Gasteiger partial charge >= 0.3 is 0 Å². The van der Waals surface area contributed by atoms with Gasteiger partial charge in [-0.25, -0.2) is 0 Å². The van der Waals surface area contributed by atoms with Crippen LogP contribution in [0.15, 0.2) is 60.4 Å². The van der Waals surface area contributed by atoms with Gasteiger partial charge in [-0.1, -0.05) is 23.7 Å². The van der Waals surface area contributed by atoms with Gasteiger partial charge < -0.3 is 14.8 Å². The first-order valence-electron chi connectivity index (χ1n) is 7.55. The number of rotatable bonds is 4. The highest BCUT2D eigenvalue weighted by atomic mass is 35.5. The molecule has 0 aliphatic carbocycles. The van der Waals surface area contributed by atoms with Crippen molar-refractivity contribution in [1.82, 2.24) is 0 Å². The molecular weight excluding hydrogens is 326 g/mol. The molecule has 1 aliphatic heterocycles. The maximum atomic E-state index is 12.6. The van der Waals surface area contributed by atoms with Crippen molar-refractivity contribution in [2.75, 3.05) is 11.9 Å². The van der Waals surface area contributed by atoms with E-state index in [-0.39, 0.29) is 5.91 Å². The molecule has 0 saturated heterocycles. The Kier molecular flexibility index (Phi) is 4.87. The fourth-order valence-electron chi connectivity index (χ4n) is 2.32. The minimum absolute atomic E-state index is 0.255. The number of para-hydroxylation sites is 2. The summed E-state index contributed by atoms with van der Waals surface area (Å²) in [7, 11) is 0. The Hall–Kier alpha value is -2.72. The van der Waals surface area contributed by atoms with Crippen LogP contribution in [0.2, 0.25) is 5.02 Å². The van der Waals surface area contributed by atoms with Crippen molar-refractivity contribution in [2.45, 2.75) is 6.92 Å². The maximum absolute atomic E-state index is 12.6. The number of nitrogens with one attached hydrogen (secondary N) is 1. The van der Waals surface area contributed by atoms with E-state index in [0.29, 0.717) is 34.4 Å². The van der Waals surface area contributed by atoms with Crippen LogP contribution in [0.5, 0.6) is 11.5 Å². The minimum atomic E-state index is -0.255. The molecule has 122 valence electrons. The number of ether oxygens (including phenoxy) is 2. The molecule has 0 radical (unpaired) electrons. The number of halogens is 1. The molecule has 5 heteroatoms. The van der Waals surface area contributed by atoms with Gasteiger partial charge in [0.15, 0.2) is 0 Å². The lowest BCUT2D eigenvalue weighted by atomic mass is 10.1. The quantitative estimate of drug-likeness (QED) is 0.879. The number of fused-ring (bicyclic) bond motifs is 1. The second-order valence-electron chi connectivity index (χ2n) is 5.09. The molecule has 1 N–H and O–H groups in total. The molecule has 1 heterocycles. The topological polar surface area (TPSA) is 47.6 Å². The third-order valence-corrected chi connectivity index (χ3v) is 3.66. The Morgan fingerprint density at radius 3 is 2.92 bits per heavy atom. The lowest BCUT2D eigenvalue weighted by molar-refractivity contribution is -0.112. The summed E-state index contributed by atoms with van der Waals surface area (Å²) < 4.78 is 11.0. The van der Waals surface area contributed by atoms with E-state index >= 15 is 0 Å². The summed E-state index contributed by atoms with van der Waals surface area (Å²) in [5.41, 5.74) is 1.83. The smallest absolute Gasteiger partial charge is 0.255 e. The minimum Gasteiger partial charge on any atom is -0.492 e. The van der Waals surface area contributed by atoms with E-state index in [1.54, 1.807) is 36.4 Å². The van der Waals surface area contributed by atoms with E-state index in [4.69, 9.17) is 21.1 Å². The number of amides is 1. The summed E-state index contributed by atoms with van der Waals surface area (Å²) in [6.07, 6.45) is 4.84. The van der Waals surface area contributed by atoms with Gasteiger partial charge in [0, 0.05) is 16.2 Å². The molecular formula is C19H16ClNO3. The number of hydrogen-bond acceptors (Lipinski definition) is 3. The van der Waals surface area contributed by atoms with Crippen LogP contribution in [-0.2, 0) is 4.79 Å². The monoisotopic (exact) mass is 341 g/mol. The molecule has 0 fully saturated rings. The zero-order valence-corrected chi connectivity index (χ0v) is 13.8. The third kappa shape index (κ3) is 3.60. The molecule has 4 nitrogen and oxygen atoms in total. The molecule has 0 aromatic heterocycles. The van der Waals surface area contributed by atoms with E-state index in [1.165, 1.54) is 6.26 Å². The molecule has 24 heavy (non-hydrogen) atoms. The van der Waals surface area contributed by atoms with Crippen molar-refractivity contribution in [3.05, 3.63) is 71.0 Å². The van der Waals surface area contributed by atoms with Crippen LogP contribution in [0.3, 0.4) is 0 Å². The van der Waals surface area contributed by atoms with Crippen LogP contribution in [-0.4, -0.2) is 12.5 Å². The predicted octanol–water partition coefficient (Wildman–Crippen LogP) is 4.67. The van der Waals surface area contributed by atoms with Gasteiger partial charge in [-0.2, -0.15) is 0 Å². The Labute approximate surface area is 145 Å². The summed E-state index contributed by atoms with van der Waals surface area (Å²) in [5, 5.41) is 3.45. The number of hydrogen-bond donors (Lipinski definition) is 1. The number of benzene rings is 2. The maximum Gasteiger partial charge on any atom is 0.255 e. The second kappa shape index (κ2) is 7.23. The van der Waals surface area contributed by atoms with Gasteiger partial charge in [0.1, 0.15) is 11.5 Å². The molecule has 2 aromatic carbocycles. The molecule has 0 spiro atoms. The first-order chi connectivity index (χ1) is 11.7. The standard InChI is InChI=1S/C19H16ClNO3/c1-2-23-18-6-4-3-5-16(18)21-19(22)13-9-10-24-17-8-7-15(20)12-14(17)11-13/h3-12H,2H2,1H3,(H,21,22). The predicted molar refractivity (Wildman–Crippen MR) is 95.4 cm³/mol. The summed E-state index contributed by atoms with van der Waals surface area (Å²) >= 11 is 6.02. The molecule has 0 bridgehead atoms. The highest BCUT2D eigenvalue weighted by molar-refractivity contribution is 6.30. The van der Waals surface area contributed by atoms with Crippen LogP contribution in [0.1, 0.15) is 12.5 Å². The van der Waals surface area contributed by atoms with Crippen molar-refractivity contribution in [3.63, 3.8) is 0 Å². The summed E-state index contributed by atoms with van der Waals surface area (Å²) in [6.45, 7) is 2.42. The van der Waals surface area contributed by atoms with Gasteiger partial charge in [0.2, 0.25) is 0 Å². The van der Waals surface area contributed by atoms with Gasteiger partial charge in [-0.15, -0.1) is 0 Å². The Morgan fingerprint density at radius 2 is 2.08 bits per heavy atom. The first kappa shape index (κ1) is 16.1. The molecule has 2 aromatic rings. The van der Waals surface area contributed by atoms with Crippen LogP contribution >= 0.6 is 11.6 Å². The SMILES string of the molecule is CCOc1ccccc1NC(=O)C1=Cc2cc(Cl)ccc2OC=C1. The lowest BCUT2D eigenvalue weighted by Gasteiger charge is -2.11. The van der Waals surface area contributed by atoms with Gasteiger partial charge in [-0.3, -0.25) is 4.79 Å². The van der Waals surface area contributed by atoms with Crippen LogP contribution in [0.25, 0.3) is 6.08 Å². The molecule has 1 amide bonds. The van der Waals surface area contributed by atoms with E-state index in [1.807, 2.05) is 25.1 Å². The zero-order valence-electron chi connectivity index (χ0n) is 13.1. The van der Waals surface area contributed by atoms with Gasteiger partial charge in [-0.05, 0) is 49.4 Å². The highest BCUT2D eigenvalue weighted by Crippen LogP contribution is 2.29. The van der Waals surface area contributed by atoms with Crippen LogP contribution < -0.4 is 14.8 Å². The van der Waals surface area contributed by atoms with Crippen LogP contribution in [0.4, 0.5) is 5.69 Å². The first-order valence-corrected chi connectivity index (χ1v) is 7.93. The largest absolute Gasteiger partial charge is 0.492 e. The van der Waals surface area contributed by atoms with Crippen LogP contribution in [0, 0.1) is 0 Å². The third-order valence-electron chi connectivity index (χ3n) is 3.42. The van der Waals surface area contributed by atoms with E-state index in [2.05, 4.69) is 5.32 Å². The van der Waals surface area contributed by atoms with Gasteiger partial charge in [0.25, 0.3) is 5.91 Å². The van der Waals surface area contributed by atoms with Crippen molar-refractivity contribution in [3.8, 4) is 11.5 Å². The van der Waals surface area contributed by atoms with Crippen molar-refractivity contribution < 1.29 is 14.3 Å². The van der Waals surface area contributed by atoms with E-state index in [9.17, 15) is 4.79 Å². The molecule has 0 saturated carbocycles. The van der Waals surface area contributed by atoms with E-state index < -0.39 is 0 Å². The number of carbonyl (C=O) groups is 1. The summed E-state index contributed by atoms with van der Waals surface area (Å²) in [4.78, 5) is 12.6. The number of carbonyl (C=O) groups excluding carboxylic acids is 1. The molecule has 0 atom stereocenters.